The predicted octanol–water partition coefficient (Wildman–Crippen LogP) is 4.76. The molecule has 160 valence electrons. The number of H-pyrrole nitrogens is 1. The van der Waals surface area contributed by atoms with Crippen LogP contribution in [-0.2, 0) is 13.2 Å². The number of fused-ring (bicyclic) bond motifs is 1. The van der Waals surface area contributed by atoms with Gasteiger partial charge in [0.15, 0.2) is 0 Å². The molecule has 4 heterocycles. The lowest BCUT2D eigenvalue weighted by molar-refractivity contribution is -0.137. The molecule has 0 unspecified atom stereocenters. The summed E-state index contributed by atoms with van der Waals surface area (Å²) in [6.45, 7) is 1.65. The highest BCUT2D eigenvalue weighted by molar-refractivity contribution is 5.87. The van der Waals surface area contributed by atoms with E-state index in [0.717, 1.165) is 60.7 Å². The molecule has 0 amide bonds. The van der Waals surface area contributed by atoms with Crippen LogP contribution in [0, 0.1) is 0 Å². The maximum Gasteiger partial charge on any atom is 0.416 e. The van der Waals surface area contributed by atoms with E-state index >= 15 is 0 Å². The minimum absolute atomic E-state index is 0.240. The third-order valence-electron chi connectivity index (χ3n) is 5.89. The van der Waals surface area contributed by atoms with Crippen LogP contribution >= 0.6 is 0 Å². The maximum absolute atomic E-state index is 13.1. The monoisotopic (exact) mass is 426 g/mol. The highest BCUT2D eigenvalue weighted by atomic mass is 19.4. The van der Waals surface area contributed by atoms with Crippen molar-refractivity contribution in [3.05, 3.63) is 60.4 Å². The van der Waals surface area contributed by atoms with Crippen LogP contribution in [-0.4, -0.2) is 37.6 Å². The average Bonchev–Trinajstić information content (AvgIpc) is 3.40. The SMILES string of the molecule is Cn1cc(-c2cccc(C(F)(F)F)c2)nc1C1CCN(c2ncnc3[nH]ccc23)CC1. The van der Waals surface area contributed by atoms with Crippen molar-refractivity contribution in [2.75, 3.05) is 18.0 Å². The summed E-state index contributed by atoms with van der Waals surface area (Å²) in [7, 11) is 1.90. The fourth-order valence-electron chi connectivity index (χ4n) is 4.31. The fraction of sp³-hybridized carbons (Fsp3) is 0.318. The number of alkyl halides is 3. The molecule has 9 heteroatoms. The van der Waals surface area contributed by atoms with E-state index in [1.54, 1.807) is 12.4 Å². The molecular formula is C22H21F3N6. The summed E-state index contributed by atoms with van der Waals surface area (Å²) in [6, 6.07) is 7.32. The van der Waals surface area contributed by atoms with Gasteiger partial charge in [-0.2, -0.15) is 13.2 Å². The minimum atomic E-state index is -4.37. The van der Waals surface area contributed by atoms with Crippen LogP contribution in [0.5, 0.6) is 0 Å². The number of hydrogen-bond acceptors (Lipinski definition) is 4. The predicted molar refractivity (Wildman–Crippen MR) is 112 cm³/mol. The van der Waals surface area contributed by atoms with Crippen molar-refractivity contribution in [3.8, 4) is 11.3 Å². The summed E-state index contributed by atoms with van der Waals surface area (Å²) in [4.78, 5) is 18.8. The lowest BCUT2D eigenvalue weighted by Gasteiger charge is -2.32. The van der Waals surface area contributed by atoms with E-state index in [1.165, 1.54) is 6.07 Å². The number of hydrogen-bond donors (Lipinski definition) is 1. The topological polar surface area (TPSA) is 62.6 Å². The second-order valence-corrected chi connectivity index (χ2v) is 7.87. The lowest BCUT2D eigenvalue weighted by Crippen LogP contribution is -2.34. The van der Waals surface area contributed by atoms with Gasteiger partial charge in [0.25, 0.3) is 0 Å². The Balaban J connectivity index is 1.35. The molecule has 0 radical (unpaired) electrons. The Labute approximate surface area is 176 Å². The molecule has 0 saturated carbocycles. The number of rotatable bonds is 3. The van der Waals surface area contributed by atoms with E-state index < -0.39 is 11.7 Å². The molecule has 6 nitrogen and oxygen atoms in total. The Bertz CT molecular complexity index is 1220. The number of aryl methyl sites for hydroxylation is 1. The van der Waals surface area contributed by atoms with Gasteiger partial charge in [-0.25, -0.2) is 15.0 Å². The molecule has 1 saturated heterocycles. The van der Waals surface area contributed by atoms with E-state index in [0.29, 0.717) is 11.3 Å². The number of halogens is 3. The maximum atomic E-state index is 13.1. The molecule has 0 spiro atoms. The van der Waals surface area contributed by atoms with Gasteiger partial charge in [0.05, 0.1) is 16.6 Å². The molecule has 1 aliphatic heterocycles. The van der Waals surface area contributed by atoms with Crippen LogP contribution in [0.2, 0.25) is 0 Å². The molecule has 1 aromatic carbocycles. The number of imidazole rings is 1. The first kappa shape index (κ1) is 19.6. The van der Waals surface area contributed by atoms with E-state index in [4.69, 9.17) is 4.98 Å². The van der Waals surface area contributed by atoms with Gasteiger partial charge >= 0.3 is 6.18 Å². The number of piperidine rings is 1. The normalized spacial score (nSPS) is 15.7. The molecule has 0 atom stereocenters. The molecule has 1 fully saturated rings. The van der Waals surface area contributed by atoms with Crippen LogP contribution in [0.1, 0.15) is 30.1 Å². The third-order valence-corrected chi connectivity index (χ3v) is 5.89. The summed E-state index contributed by atoms with van der Waals surface area (Å²) in [5.74, 6) is 2.07. The second-order valence-electron chi connectivity index (χ2n) is 7.87. The molecule has 31 heavy (non-hydrogen) atoms. The molecule has 3 aromatic heterocycles. The summed E-state index contributed by atoms with van der Waals surface area (Å²) < 4.78 is 41.1. The second kappa shape index (κ2) is 7.40. The summed E-state index contributed by atoms with van der Waals surface area (Å²) in [5.41, 5.74) is 1.20. The van der Waals surface area contributed by atoms with E-state index in [-0.39, 0.29) is 5.92 Å². The van der Waals surface area contributed by atoms with Crippen molar-refractivity contribution in [2.24, 2.45) is 7.05 Å². The van der Waals surface area contributed by atoms with Gasteiger partial charge in [-0.15, -0.1) is 0 Å². The van der Waals surface area contributed by atoms with Crippen LogP contribution in [0.4, 0.5) is 19.0 Å². The van der Waals surface area contributed by atoms with Crippen molar-refractivity contribution in [3.63, 3.8) is 0 Å². The highest BCUT2D eigenvalue weighted by Gasteiger charge is 2.31. The van der Waals surface area contributed by atoms with Gasteiger partial charge < -0.3 is 14.5 Å². The van der Waals surface area contributed by atoms with Crippen molar-refractivity contribution >= 4 is 16.9 Å². The molecule has 0 aliphatic carbocycles. The summed E-state index contributed by atoms with van der Waals surface area (Å²) >= 11 is 0. The molecule has 4 aromatic rings. The van der Waals surface area contributed by atoms with Gasteiger partial charge in [-0.05, 0) is 31.0 Å². The van der Waals surface area contributed by atoms with Crippen molar-refractivity contribution in [1.82, 2.24) is 24.5 Å². The number of aromatic nitrogens is 5. The number of nitrogens with one attached hydrogen (secondary N) is 1. The minimum Gasteiger partial charge on any atom is -0.356 e. The average molecular weight is 426 g/mol. The van der Waals surface area contributed by atoms with Gasteiger partial charge in [0.1, 0.15) is 23.6 Å². The van der Waals surface area contributed by atoms with E-state index in [1.807, 2.05) is 30.1 Å². The Morgan fingerprint density at radius 3 is 2.68 bits per heavy atom. The van der Waals surface area contributed by atoms with Crippen molar-refractivity contribution < 1.29 is 13.2 Å². The standard InChI is InChI=1S/C22H21F3N6/c1-30-12-18(15-3-2-4-16(11-15)22(23,24)25)29-20(30)14-6-9-31(10-7-14)21-17-5-8-26-19(17)27-13-28-21/h2-5,8,11-14H,6-7,9-10H2,1H3,(H,26,27,28). The van der Waals surface area contributed by atoms with Crippen LogP contribution < -0.4 is 4.90 Å². The van der Waals surface area contributed by atoms with Crippen molar-refractivity contribution in [1.29, 1.82) is 0 Å². The van der Waals surface area contributed by atoms with Crippen LogP contribution in [0.15, 0.2) is 49.1 Å². The Hall–Kier alpha value is -3.36. The first-order chi connectivity index (χ1) is 14.9. The van der Waals surface area contributed by atoms with Gasteiger partial charge in [0, 0.05) is 44.0 Å². The zero-order valence-electron chi connectivity index (χ0n) is 16.9. The van der Waals surface area contributed by atoms with Crippen LogP contribution in [0.25, 0.3) is 22.3 Å². The smallest absolute Gasteiger partial charge is 0.356 e. The molecular weight excluding hydrogens is 405 g/mol. The highest BCUT2D eigenvalue weighted by Crippen LogP contribution is 2.34. The van der Waals surface area contributed by atoms with Gasteiger partial charge in [-0.1, -0.05) is 12.1 Å². The molecule has 1 N–H and O–H groups in total. The zero-order valence-corrected chi connectivity index (χ0v) is 16.9. The number of aromatic amines is 1. The molecule has 0 bridgehead atoms. The number of anilines is 1. The summed E-state index contributed by atoms with van der Waals surface area (Å²) in [6.07, 6.45) is 2.65. The Kier molecular flexibility index (Phi) is 4.68. The largest absolute Gasteiger partial charge is 0.416 e. The Morgan fingerprint density at radius 1 is 1.10 bits per heavy atom. The zero-order chi connectivity index (χ0) is 21.6. The lowest BCUT2D eigenvalue weighted by atomic mass is 9.96. The number of nitrogens with zero attached hydrogens (tertiary/aromatic N) is 5. The molecule has 5 rings (SSSR count). The number of benzene rings is 1. The first-order valence-electron chi connectivity index (χ1n) is 10.1. The van der Waals surface area contributed by atoms with Crippen LogP contribution in [0.3, 0.4) is 0 Å². The molecule has 1 aliphatic rings. The van der Waals surface area contributed by atoms with E-state index in [2.05, 4.69) is 19.9 Å². The Morgan fingerprint density at radius 2 is 1.90 bits per heavy atom. The third kappa shape index (κ3) is 3.64. The van der Waals surface area contributed by atoms with Gasteiger partial charge in [-0.3, -0.25) is 0 Å². The van der Waals surface area contributed by atoms with Gasteiger partial charge in [0.2, 0.25) is 0 Å². The van der Waals surface area contributed by atoms with Crippen molar-refractivity contribution in [2.45, 2.75) is 24.9 Å². The fourth-order valence-corrected chi connectivity index (χ4v) is 4.31. The van der Waals surface area contributed by atoms with E-state index in [9.17, 15) is 13.2 Å². The quantitative estimate of drug-likeness (QED) is 0.513. The summed E-state index contributed by atoms with van der Waals surface area (Å²) in [5, 5.41) is 1.00. The first-order valence-corrected chi connectivity index (χ1v) is 10.1.